The number of rotatable bonds is 2. The molecule has 0 saturated carbocycles. The van der Waals surface area contributed by atoms with Gasteiger partial charge >= 0.3 is 0 Å². The van der Waals surface area contributed by atoms with Crippen molar-refractivity contribution in [2.45, 2.75) is 13.0 Å². The van der Waals surface area contributed by atoms with Crippen LogP contribution in [0.25, 0.3) is 0 Å². The molecule has 0 bridgehead atoms. The first kappa shape index (κ1) is 12.4. The summed E-state index contributed by atoms with van der Waals surface area (Å²) in [6.07, 6.45) is 0. The van der Waals surface area contributed by atoms with Gasteiger partial charge in [0.2, 0.25) is 0 Å². The molecule has 0 aliphatic carbocycles. The van der Waals surface area contributed by atoms with Crippen LogP contribution in [-0.2, 0) is 9.84 Å². The Hall–Kier alpha value is -1.07. The number of benzene rings is 1. The molecule has 1 aliphatic heterocycles. The maximum absolute atomic E-state index is 11.4. The molecule has 0 radical (unpaired) electrons. The smallest absolute Gasteiger partial charge is 0.153 e. The molecule has 1 atom stereocenters. The highest BCUT2D eigenvalue weighted by atomic mass is 32.2. The Morgan fingerprint density at radius 3 is 2.53 bits per heavy atom. The van der Waals surface area contributed by atoms with Crippen LogP contribution in [0, 0.1) is 0 Å². The van der Waals surface area contributed by atoms with Crippen molar-refractivity contribution in [1.82, 2.24) is 0 Å². The van der Waals surface area contributed by atoms with Crippen LogP contribution in [0.4, 0.5) is 5.69 Å². The fourth-order valence-corrected chi connectivity index (χ4v) is 3.18. The summed E-state index contributed by atoms with van der Waals surface area (Å²) in [5.41, 5.74) is 7.98. The maximum Gasteiger partial charge on any atom is 0.153 e. The fraction of sp³-hybridized carbons (Fsp3) is 0.500. The van der Waals surface area contributed by atoms with E-state index >= 15 is 0 Å². The first-order valence-electron chi connectivity index (χ1n) is 5.79. The van der Waals surface area contributed by atoms with E-state index in [1.807, 2.05) is 31.2 Å². The lowest BCUT2D eigenvalue weighted by molar-refractivity contribution is 0.587. The van der Waals surface area contributed by atoms with Crippen molar-refractivity contribution in [2.75, 3.05) is 29.5 Å². The van der Waals surface area contributed by atoms with Crippen LogP contribution in [0.2, 0.25) is 0 Å². The average molecular weight is 254 g/mol. The van der Waals surface area contributed by atoms with Crippen LogP contribution in [0.5, 0.6) is 0 Å². The van der Waals surface area contributed by atoms with Gasteiger partial charge in [-0.2, -0.15) is 0 Å². The topological polar surface area (TPSA) is 63.4 Å². The molecule has 0 spiro atoms. The van der Waals surface area contributed by atoms with Crippen LogP contribution in [0.3, 0.4) is 0 Å². The van der Waals surface area contributed by atoms with Crippen molar-refractivity contribution in [3.05, 3.63) is 29.8 Å². The molecule has 1 fully saturated rings. The molecule has 1 aromatic rings. The molecule has 94 valence electrons. The SMILES string of the molecule is CC(N)c1cccc(N2CCS(=O)(=O)CC2)c1. The third kappa shape index (κ3) is 2.98. The predicted octanol–water partition coefficient (Wildman–Crippen LogP) is 0.941. The first-order chi connectivity index (χ1) is 7.98. The minimum absolute atomic E-state index is 0.00322. The summed E-state index contributed by atoms with van der Waals surface area (Å²) in [7, 11) is -2.82. The van der Waals surface area contributed by atoms with Crippen LogP contribution in [0.1, 0.15) is 18.5 Å². The quantitative estimate of drug-likeness (QED) is 0.853. The van der Waals surface area contributed by atoms with Gasteiger partial charge in [0.15, 0.2) is 9.84 Å². The Kier molecular flexibility index (Phi) is 3.40. The molecule has 1 unspecified atom stereocenters. The second-order valence-electron chi connectivity index (χ2n) is 4.52. The maximum atomic E-state index is 11.4. The van der Waals surface area contributed by atoms with Gasteiger partial charge in [-0.1, -0.05) is 12.1 Å². The summed E-state index contributed by atoms with van der Waals surface area (Å²) >= 11 is 0. The van der Waals surface area contributed by atoms with E-state index < -0.39 is 9.84 Å². The lowest BCUT2D eigenvalue weighted by atomic mass is 10.1. The summed E-state index contributed by atoms with van der Waals surface area (Å²) in [4.78, 5) is 2.10. The standard InChI is InChI=1S/C12H18N2O2S/c1-10(13)11-3-2-4-12(9-11)14-5-7-17(15,16)8-6-14/h2-4,9-10H,5-8,13H2,1H3. The molecule has 2 N–H and O–H groups in total. The van der Waals surface area contributed by atoms with Gasteiger partial charge in [-0.25, -0.2) is 8.42 Å². The number of sulfone groups is 1. The van der Waals surface area contributed by atoms with Crippen LogP contribution in [-0.4, -0.2) is 33.0 Å². The molecule has 5 heteroatoms. The van der Waals surface area contributed by atoms with Crippen molar-refractivity contribution >= 4 is 15.5 Å². The fourth-order valence-electron chi connectivity index (χ4n) is 1.98. The molecular weight excluding hydrogens is 236 g/mol. The number of nitrogens with zero attached hydrogens (tertiary/aromatic N) is 1. The molecule has 4 nitrogen and oxygen atoms in total. The van der Waals surface area contributed by atoms with E-state index in [2.05, 4.69) is 4.90 Å². The van der Waals surface area contributed by atoms with Crippen molar-refractivity contribution < 1.29 is 8.42 Å². The third-order valence-electron chi connectivity index (χ3n) is 3.11. The van der Waals surface area contributed by atoms with E-state index in [4.69, 9.17) is 5.73 Å². The van der Waals surface area contributed by atoms with Crippen LogP contribution in [0.15, 0.2) is 24.3 Å². The normalized spacial score (nSPS) is 21.2. The Morgan fingerprint density at radius 1 is 1.29 bits per heavy atom. The van der Waals surface area contributed by atoms with Gasteiger partial charge < -0.3 is 10.6 Å². The second kappa shape index (κ2) is 4.66. The molecule has 1 heterocycles. The van der Waals surface area contributed by atoms with Gasteiger partial charge in [0.25, 0.3) is 0 Å². The van der Waals surface area contributed by atoms with Crippen molar-refractivity contribution in [3.63, 3.8) is 0 Å². The summed E-state index contributed by atoms with van der Waals surface area (Å²) in [6, 6.07) is 8.02. The van der Waals surface area contributed by atoms with Gasteiger partial charge in [-0.15, -0.1) is 0 Å². The average Bonchev–Trinajstić information content (AvgIpc) is 2.29. The van der Waals surface area contributed by atoms with E-state index in [1.165, 1.54) is 0 Å². The van der Waals surface area contributed by atoms with Crippen molar-refractivity contribution in [3.8, 4) is 0 Å². The first-order valence-corrected chi connectivity index (χ1v) is 7.61. The minimum atomic E-state index is -2.82. The molecule has 1 saturated heterocycles. The molecule has 0 aromatic heterocycles. The zero-order valence-electron chi connectivity index (χ0n) is 9.96. The van der Waals surface area contributed by atoms with Gasteiger partial charge in [0.1, 0.15) is 0 Å². The largest absolute Gasteiger partial charge is 0.369 e. The molecule has 1 aromatic carbocycles. The van der Waals surface area contributed by atoms with Gasteiger partial charge in [-0.05, 0) is 24.6 Å². The molecule has 1 aliphatic rings. The zero-order valence-corrected chi connectivity index (χ0v) is 10.8. The van der Waals surface area contributed by atoms with Gasteiger partial charge in [0, 0.05) is 24.8 Å². The lowest BCUT2D eigenvalue weighted by Gasteiger charge is -2.29. The Labute approximate surface area is 102 Å². The summed E-state index contributed by atoms with van der Waals surface area (Å²) in [5, 5.41) is 0. The zero-order chi connectivity index (χ0) is 12.5. The van der Waals surface area contributed by atoms with E-state index in [1.54, 1.807) is 0 Å². The molecule has 17 heavy (non-hydrogen) atoms. The predicted molar refractivity (Wildman–Crippen MR) is 69.9 cm³/mol. The summed E-state index contributed by atoms with van der Waals surface area (Å²) in [6.45, 7) is 3.09. The third-order valence-corrected chi connectivity index (χ3v) is 4.71. The Bertz CT molecular complexity index is 483. The highest BCUT2D eigenvalue weighted by Gasteiger charge is 2.21. The number of hydrogen-bond donors (Lipinski definition) is 1. The number of anilines is 1. The molecular formula is C12H18N2O2S. The van der Waals surface area contributed by atoms with Gasteiger partial charge in [0.05, 0.1) is 11.5 Å². The highest BCUT2D eigenvalue weighted by molar-refractivity contribution is 7.91. The van der Waals surface area contributed by atoms with Gasteiger partial charge in [-0.3, -0.25) is 0 Å². The molecule has 2 rings (SSSR count). The highest BCUT2D eigenvalue weighted by Crippen LogP contribution is 2.21. The Morgan fingerprint density at radius 2 is 1.94 bits per heavy atom. The van der Waals surface area contributed by atoms with Crippen LogP contribution >= 0.6 is 0 Å². The van der Waals surface area contributed by atoms with Crippen LogP contribution < -0.4 is 10.6 Å². The van der Waals surface area contributed by atoms with Crippen molar-refractivity contribution in [2.24, 2.45) is 5.73 Å². The summed E-state index contributed by atoms with van der Waals surface area (Å²) < 4.78 is 22.7. The lowest BCUT2D eigenvalue weighted by Crippen LogP contribution is -2.40. The van der Waals surface area contributed by atoms with E-state index in [9.17, 15) is 8.42 Å². The Balaban J connectivity index is 2.16. The second-order valence-corrected chi connectivity index (χ2v) is 6.83. The minimum Gasteiger partial charge on any atom is -0.369 e. The van der Waals surface area contributed by atoms with E-state index in [0.717, 1.165) is 11.3 Å². The number of nitrogens with two attached hydrogens (primary N) is 1. The summed E-state index contributed by atoms with van der Waals surface area (Å²) in [5.74, 6) is 0.491. The van der Waals surface area contributed by atoms with E-state index in [0.29, 0.717) is 13.1 Å². The van der Waals surface area contributed by atoms with E-state index in [-0.39, 0.29) is 17.5 Å². The molecule has 0 amide bonds. The van der Waals surface area contributed by atoms with Crippen molar-refractivity contribution in [1.29, 1.82) is 0 Å². The number of hydrogen-bond acceptors (Lipinski definition) is 4. The monoisotopic (exact) mass is 254 g/mol.